The lowest BCUT2D eigenvalue weighted by Gasteiger charge is -2.30. The maximum absolute atomic E-state index is 13.5. The predicted octanol–water partition coefficient (Wildman–Crippen LogP) is 1.99. The normalized spacial score (nSPS) is 16.5. The fourth-order valence-corrected chi connectivity index (χ4v) is 6.37. The molecule has 152 valence electrons. The van der Waals surface area contributed by atoms with Gasteiger partial charge < -0.3 is 10.6 Å². The molecule has 1 aliphatic heterocycles. The summed E-state index contributed by atoms with van der Waals surface area (Å²) in [5.74, 6) is -0.114. The second-order valence-electron chi connectivity index (χ2n) is 6.59. The van der Waals surface area contributed by atoms with Gasteiger partial charge in [-0.1, -0.05) is 11.6 Å². The zero-order valence-electron chi connectivity index (χ0n) is 15.2. The van der Waals surface area contributed by atoms with Crippen LogP contribution in [0.5, 0.6) is 0 Å². The molecule has 4 rings (SSSR count). The molecule has 0 saturated carbocycles. The smallest absolute Gasteiger partial charge is 0.234 e. The van der Waals surface area contributed by atoms with E-state index in [0.717, 1.165) is 16.7 Å². The van der Waals surface area contributed by atoms with Gasteiger partial charge in [-0.05, 0) is 30.3 Å². The Morgan fingerprint density at radius 2 is 2.07 bits per heavy atom. The van der Waals surface area contributed by atoms with Crippen molar-refractivity contribution in [2.24, 2.45) is 0 Å². The number of amides is 1. The average molecular weight is 452 g/mol. The monoisotopic (exact) mass is 451 g/mol. The first-order valence-electron chi connectivity index (χ1n) is 8.87. The number of rotatable bonds is 6. The van der Waals surface area contributed by atoms with Crippen LogP contribution < -0.4 is 10.6 Å². The number of anilines is 1. The van der Waals surface area contributed by atoms with Crippen LogP contribution in [0.3, 0.4) is 0 Å². The standard InChI is InChI=1S/C18H18ClN5O3S2/c19-14-2-1-12-9-17(28-18(12)23-14)29(26,27)16(22-13-3-5-20-6-4-13)11-24-8-7-21-15(25)10-24/h1-6,9,16H,7-8,10-11H2,(H,20,22)(H,21,25). The fraction of sp³-hybridized carbons (Fsp3) is 0.278. The Bertz CT molecular complexity index is 1140. The molecule has 11 heteroatoms. The molecule has 0 spiro atoms. The number of piperazine rings is 1. The Morgan fingerprint density at radius 3 is 2.83 bits per heavy atom. The number of nitrogens with zero attached hydrogens (tertiary/aromatic N) is 3. The third-order valence-corrected chi connectivity index (χ3v) is 8.22. The van der Waals surface area contributed by atoms with Crippen LogP contribution in [-0.2, 0) is 14.6 Å². The quantitative estimate of drug-likeness (QED) is 0.552. The van der Waals surface area contributed by atoms with Crippen LogP contribution in [0.4, 0.5) is 5.69 Å². The SMILES string of the molecule is O=C1CN(CC(Nc2ccncc2)S(=O)(=O)c2cc3ccc(Cl)nc3s2)CCN1. The van der Waals surface area contributed by atoms with Crippen molar-refractivity contribution in [2.45, 2.75) is 9.58 Å². The molecule has 0 aromatic carbocycles. The van der Waals surface area contributed by atoms with E-state index in [-0.39, 0.29) is 23.2 Å². The number of sulfone groups is 1. The molecule has 3 aromatic rings. The van der Waals surface area contributed by atoms with E-state index in [9.17, 15) is 13.2 Å². The number of nitrogens with one attached hydrogen (secondary N) is 2. The Balaban J connectivity index is 1.68. The number of fused-ring (bicyclic) bond motifs is 1. The average Bonchev–Trinajstić information content (AvgIpc) is 3.12. The molecule has 1 amide bonds. The molecule has 2 N–H and O–H groups in total. The van der Waals surface area contributed by atoms with Crippen molar-refractivity contribution in [1.29, 1.82) is 0 Å². The van der Waals surface area contributed by atoms with Gasteiger partial charge in [0.1, 0.15) is 19.6 Å². The van der Waals surface area contributed by atoms with Crippen LogP contribution in [0.2, 0.25) is 5.15 Å². The number of hydrogen-bond donors (Lipinski definition) is 2. The summed E-state index contributed by atoms with van der Waals surface area (Å²) in [6.45, 7) is 1.40. The fourth-order valence-electron chi connectivity index (χ4n) is 3.09. The van der Waals surface area contributed by atoms with Crippen molar-refractivity contribution in [2.75, 3.05) is 31.5 Å². The van der Waals surface area contributed by atoms with Crippen molar-refractivity contribution in [1.82, 2.24) is 20.2 Å². The first-order valence-corrected chi connectivity index (χ1v) is 11.6. The minimum atomic E-state index is -3.76. The summed E-state index contributed by atoms with van der Waals surface area (Å²) in [7, 11) is -3.76. The summed E-state index contributed by atoms with van der Waals surface area (Å²) in [5, 5.41) is 5.93. The maximum atomic E-state index is 13.5. The molecule has 0 bridgehead atoms. The van der Waals surface area contributed by atoms with Crippen LogP contribution in [0.1, 0.15) is 0 Å². The molecule has 0 aliphatic carbocycles. The van der Waals surface area contributed by atoms with Gasteiger partial charge in [0.05, 0.1) is 6.54 Å². The lowest BCUT2D eigenvalue weighted by molar-refractivity contribution is -0.124. The summed E-state index contributed by atoms with van der Waals surface area (Å²) in [6, 6.07) is 8.41. The highest BCUT2D eigenvalue weighted by atomic mass is 35.5. The number of carbonyl (C=O) groups is 1. The van der Waals surface area contributed by atoms with E-state index >= 15 is 0 Å². The highest BCUT2D eigenvalue weighted by molar-refractivity contribution is 7.94. The first kappa shape index (κ1) is 20.0. The summed E-state index contributed by atoms with van der Waals surface area (Å²) in [5.41, 5.74) is 0.636. The Morgan fingerprint density at radius 1 is 1.28 bits per heavy atom. The van der Waals surface area contributed by atoms with Crippen molar-refractivity contribution < 1.29 is 13.2 Å². The van der Waals surface area contributed by atoms with Gasteiger partial charge in [-0.25, -0.2) is 13.4 Å². The molecule has 8 nitrogen and oxygen atoms in total. The van der Waals surface area contributed by atoms with E-state index in [0.29, 0.717) is 28.8 Å². The van der Waals surface area contributed by atoms with Crippen molar-refractivity contribution in [3.8, 4) is 0 Å². The van der Waals surface area contributed by atoms with E-state index < -0.39 is 15.2 Å². The number of halogens is 1. The van der Waals surface area contributed by atoms with Crippen molar-refractivity contribution >= 4 is 54.6 Å². The molecule has 1 unspecified atom stereocenters. The van der Waals surface area contributed by atoms with Crippen LogP contribution in [0.15, 0.2) is 46.9 Å². The van der Waals surface area contributed by atoms with E-state index in [4.69, 9.17) is 11.6 Å². The zero-order valence-corrected chi connectivity index (χ0v) is 17.6. The molecule has 29 heavy (non-hydrogen) atoms. The van der Waals surface area contributed by atoms with E-state index in [1.165, 1.54) is 0 Å². The third-order valence-electron chi connectivity index (χ3n) is 4.53. The van der Waals surface area contributed by atoms with Gasteiger partial charge in [-0.3, -0.25) is 14.7 Å². The number of hydrogen-bond acceptors (Lipinski definition) is 8. The second-order valence-corrected chi connectivity index (χ2v) is 10.4. The van der Waals surface area contributed by atoms with Gasteiger partial charge in [-0.15, -0.1) is 11.3 Å². The maximum Gasteiger partial charge on any atom is 0.234 e. The van der Waals surface area contributed by atoms with E-state index in [1.54, 1.807) is 42.7 Å². The van der Waals surface area contributed by atoms with Gasteiger partial charge in [0.25, 0.3) is 0 Å². The molecule has 3 aromatic heterocycles. The Hall–Kier alpha value is -2.27. The van der Waals surface area contributed by atoms with Gasteiger partial charge in [-0.2, -0.15) is 0 Å². The van der Waals surface area contributed by atoms with Crippen molar-refractivity contribution in [3.05, 3.63) is 47.9 Å². The number of pyridine rings is 2. The summed E-state index contributed by atoms with van der Waals surface area (Å²) >= 11 is 7.02. The van der Waals surface area contributed by atoms with Gasteiger partial charge in [0.15, 0.2) is 0 Å². The number of carbonyl (C=O) groups excluding carboxylic acids is 1. The second kappa shape index (κ2) is 8.23. The van der Waals surface area contributed by atoms with Gasteiger partial charge >= 0.3 is 0 Å². The zero-order chi connectivity index (χ0) is 20.4. The highest BCUT2D eigenvalue weighted by Gasteiger charge is 2.32. The minimum absolute atomic E-state index is 0.114. The lowest BCUT2D eigenvalue weighted by atomic mass is 10.3. The molecule has 4 heterocycles. The Labute approximate surface area is 176 Å². The van der Waals surface area contributed by atoms with Crippen molar-refractivity contribution in [3.63, 3.8) is 0 Å². The number of thiophene rings is 1. The highest BCUT2D eigenvalue weighted by Crippen LogP contribution is 2.31. The molecule has 1 atom stereocenters. The molecular weight excluding hydrogens is 434 g/mol. The predicted molar refractivity (Wildman–Crippen MR) is 113 cm³/mol. The van der Waals surface area contributed by atoms with E-state index in [2.05, 4.69) is 20.6 Å². The summed E-state index contributed by atoms with van der Waals surface area (Å²) in [6.07, 6.45) is 3.18. The van der Waals surface area contributed by atoms with Gasteiger partial charge in [0.2, 0.25) is 15.7 Å². The largest absolute Gasteiger partial charge is 0.368 e. The summed E-state index contributed by atoms with van der Waals surface area (Å²) < 4.78 is 27.2. The first-order chi connectivity index (χ1) is 13.9. The van der Waals surface area contributed by atoms with Crippen LogP contribution >= 0.6 is 22.9 Å². The molecular formula is C18H18ClN5O3S2. The molecule has 0 radical (unpaired) electrons. The molecule has 1 fully saturated rings. The lowest BCUT2D eigenvalue weighted by Crippen LogP contribution is -2.52. The van der Waals surface area contributed by atoms with E-state index in [1.807, 2.05) is 4.90 Å². The number of aromatic nitrogens is 2. The molecule has 1 aliphatic rings. The van der Waals surface area contributed by atoms with Crippen LogP contribution in [-0.4, -0.2) is 60.7 Å². The van der Waals surface area contributed by atoms with Crippen LogP contribution in [0, 0.1) is 0 Å². The minimum Gasteiger partial charge on any atom is -0.368 e. The van der Waals surface area contributed by atoms with Gasteiger partial charge in [0, 0.05) is 43.1 Å². The Kier molecular flexibility index (Phi) is 5.68. The summed E-state index contributed by atoms with van der Waals surface area (Å²) in [4.78, 5) is 22.3. The molecule has 1 saturated heterocycles. The van der Waals surface area contributed by atoms with Crippen LogP contribution in [0.25, 0.3) is 10.2 Å². The topological polar surface area (TPSA) is 104 Å². The third kappa shape index (κ3) is 4.50.